The number of hydrogen-bond donors (Lipinski definition) is 0. The minimum absolute atomic E-state index is 0.0491. The van der Waals surface area contributed by atoms with Crippen molar-refractivity contribution in [3.05, 3.63) is 65.2 Å². The molecular weight excluding hydrogens is 458 g/mol. The van der Waals surface area contributed by atoms with E-state index in [4.69, 9.17) is 0 Å². The maximum atomic E-state index is 13.7. The van der Waals surface area contributed by atoms with Crippen LogP contribution in [0.5, 0.6) is 0 Å². The van der Waals surface area contributed by atoms with Crippen molar-refractivity contribution < 1.29 is 13.2 Å². The van der Waals surface area contributed by atoms with Gasteiger partial charge in [-0.15, -0.1) is 0 Å². The molecule has 0 bridgehead atoms. The summed E-state index contributed by atoms with van der Waals surface area (Å²) in [6.45, 7) is 6.39. The van der Waals surface area contributed by atoms with Crippen molar-refractivity contribution in [1.29, 1.82) is 0 Å². The van der Waals surface area contributed by atoms with Crippen LogP contribution < -0.4 is 0 Å². The van der Waals surface area contributed by atoms with Crippen LogP contribution in [0.2, 0.25) is 0 Å². The summed E-state index contributed by atoms with van der Waals surface area (Å²) < 4.78 is 43.3. The number of aromatic nitrogens is 1. The fourth-order valence-corrected chi connectivity index (χ4v) is 6.77. The van der Waals surface area contributed by atoms with Gasteiger partial charge < -0.3 is 0 Å². The zero-order valence-electron chi connectivity index (χ0n) is 16.3. The molecule has 1 nitrogen and oxygen atoms in total. The quantitative estimate of drug-likeness (QED) is 0.282. The summed E-state index contributed by atoms with van der Waals surface area (Å²) in [5, 5.41) is 1.13. The van der Waals surface area contributed by atoms with E-state index >= 15 is 0 Å². The number of halogens is 3. The molecule has 0 unspecified atom stereocenters. The Balaban J connectivity index is 1.81. The third-order valence-electron chi connectivity index (χ3n) is 4.52. The van der Waals surface area contributed by atoms with Gasteiger partial charge in [-0.3, -0.25) is 0 Å². The fraction of sp³-hybridized carbons (Fsp3) is 0.261. The number of benzene rings is 1. The fourth-order valence-electron chi connectivity index (χ4n) is 3.27. The summed E-state index contributed by atoms with van der Waals surface area (Å²) in [6.07, 6.45) is -2.61. The molecule has 0 radical (unpaired) electrons. The average Bonchev–Trinajstić information content (AvgIpc) is 3.25. The molecule has 4 aromatic rings. The summed E-state index contributed by atoms with van der Waals surface area (Å²) in [5.74, 6) is 0. The number of rotatable bonds is 3. The molecule has 0 amide bonds. The van der Waals surface area contributed by atoms with E-state index in [0.29, 0.717) is 10.6 Å². The first-order valence-electron chi connectivity index (χ1n) is 9.25. The first kappa shape index (κ1) is 20.4. The van der Waals surface area contributed by atoms with Crippen molar-refractivity contribution in [2.75, 3.05) is 0 Å². The van der Waals surface area contributed by atoms with Crippen molar-refractivity contribution in [3.63, 3.8) is 0 Å². The molecule has 0 aliphatic carbocycles. The van der Waals surface area contributed by atoms with Crippen LogP contribution in [-0.4, -0.2) is 19.5 Å². The van der Waals surface area contributed by atoms with Gasteiger partial charge in [-0.1, -0.05) is 0 Å². The van der Waals surface area contributed by atoms with Crippen molar-refractivity contribution in [2.45, 2.75) is 33.4 Å². The molecule has 0 saturated carbocycles. The Labute approximate surface area is 178 Å². The SMILES string of the molecule is CC(C)(C)Cc1ccc(-c2cc(-c3cc4ccccc4[se]3)ncc2C(F)(F)F)s1. The van der Waals surface area contributed by atoms with Gasteiger partial charge in [0.1, 0.15) is 0 Å². The van der Waals surface area contributed by atoms with Crippen LogP contribution in [-0.2, 0) is 12.6 Å². The van der Waals surface area contributed by atoms with Gasteiger partial charge in [0.25, 0.3) is 0 Å². The van der Waals surface area contributed by atoms with Crippen molar-refractivity contribution >= 4 is 35.5 Å². The van der Waals surface area contributed by atoms with Crippen LogP contribution in [0, 0.1) is 5.41 Å². The van der Waals surface area contributed by atoms with E-state index in [9.17, 15) is 13.2 Å². The molecule has 1 aromatic carbocycles. The predicted molar refractivity (Wildman–Crippen MR) is 116 cm³/mol. The number of fused-ring (bicyclic) bond motifs is 1. The van der Waals surface area contributed by atoms with Gasteiger partial charge in [0.2, 0.25) is 0 Å². The van der Waals surface area contributed by atoms with E-state index in [0.717, 1.165) is 27.3 Å². The Morgan fingerprint density at radius 1 is 1.00 bits per heavy atom. The van der Waals surface area contributed by atoms with Crippen LogP contribution in [0.3, 0.4) is 0 Å². The molecule has 0 N–H and O–H groups in total. The van der Waals surface area contributed by atoms with Crippen LogP contribution in [0.4, 0.5) is 13.2 Å². The van der Waals surface area contributed by atoms with Gasteiger partial charge in [-0.25, -0.2) is 0 Å². The van der Waals surface area contributed by atoms with Gasteiger partial charge in [0.05, 0.1) is 0 Å². The molecular formula is C23H20F3NSSe. The maximum absolute atomic E-state index is 13.7. The Hall–Kier alpha value is -1.88. The van der Waals surface area contributed by atoms with Gasteiger partial charge in [-0.05, 0) is 0 Å². The van der Waals surface area contributed by atoms with Gasteiger partial charge in [-0.2, -0.15) is 0 Å². The molecule has 0 spiro atoms. The van der Waals surface area contributed by atoms with E-state index < -0.39 is 11.7 Å². The van der Waals surface area contributed by atoms with Crippen molar-refractivity contribution in [1.82, 2.24) is 4.98 Å². The monoisotopic (exact) mass is 479 g/mol. The Morgan fingerprint density at radius 3 is 2.45 bits per heavy atom. The Kier molecular flexibility index (Phi) is 5.22. The van der Waals surface area contributed by atoms with Crippen LogP contribution >= 0.6 is 11.3 Å². The van der Waals surface area contributed by atoms with E-state index in [2.05, 4.69) is 31.8 Å². The summed E-state index contributed by atoms with van der Waals surface area (Å²) in [4.78, 5) is 5.93. The van der Waals surface area contributed by atoms with Crippen LogP contribution in [0.25, 0.3) is 30.2 Å². The zero-order chi connectivity index (χ0) is 20.8. The first-order chi connectivity index (χ1) is 13.6. The standard InChI is InChI=1S/C23H20F3NSSe/c1-22(2,3)12-15-8-9-19(28-15)16-11-18(27-13-17(16)23(24,25)26)21-10-14-6-4-5-7-20(14)29-21/h4-11,13H,12H2,1-3H3. The first-order valence-corrected chi connectivity index (χ1v) is 11.8. The Morgan fingerprint density at radius 2 is 1.76 bits per heavy atom. The molecule has 0 fully saturated rings. The van der Waals surface area contributed by atoms with Gasteiger partial charge >= 0.3 is 178 Å². The third-order valence-corrected chi connectivity index (χ3v) is 8.03. The third kappa shape index (κ3) is 4.50. The number of nitrogens with zero attached hydrogens (tertiary/aromatic N) is 1. The second-order valence-electron chi connectivity index (χ2n) is 8.26. The second kappa shape index (κ2) is 7.42. The normalized spacial score (nSPS) is 12.6. The molecule has 0 aliphatic rings. The Bertz CT molecular complexity index is 1130. The van der Waals surface area contributed by atoms with Gasteiger partial charge in [0, 0.05) is 0 Å². The zero-order valence-corrected chi connectivity index (χ0v) is 18.8. The van der Waals surface area contributed by atoms with E-state index in [1.165, 1.54) is 15.6 Å². The molecule has 0 aliphatic heterocycles. The van der Waals surface area contributed by atoms with E-state index in [1.54, 1.807) is 6.07 Å². The molecule has 4 rings (SSSR count). The average molecular weight is 478 g/mol. The molecule has 3 heterocycles. The number of pyridine rings is 1. The van der Waals surface area contributed by atoms with E-state index in [-0.39, 0.29) is 25.5 Å². The van der Waals surface area contributed by atoms with Crippen LogP contribution in [0.15, 0.2) is 54.7 Å². The van der Waals surface area contributed by atoms with Crippen LogP contribution in [0.1, 0.15) is 31.2 Å². The molecule has 0 saturated heterocycles. The number of hydrogen-bond acceptors (Lipinski definition) is 2. The summed E-state index contributed by atoms with van der Waals surface area (Å²) >= 11 is 1.49. The van der Waals surface area contributed by atoms with Gasteiger partial charge in [0.15, 0.2) is 0 Å². The van der Waals surface area contributed by atoms with Crippen molar-refractivity contribution in [3.8, 4) is 20.6 Å². The number of thiophene rings is 1. The minimum atomic E-state index is -4.44. The molecule has 0 atom stereocenters. The van der Waals surface area contributed by atoms with Crippen molar-refractivity contribution in [2.24, 2.45) is 5.41 Å². The summed E-state index contributed by atoms with van der Waals surface area (Å²) in [6, 6.07) is 15.5. The molecule has 3 aromatic heterocycles. The summed E-state index contributed by atoms with van der Waals surface area (Å²) in [5.41, 5.74) is 0.269. The second-order valence-corrected chi connectivity index (χ2v) is 11.7. The molecule has 6 heteroatoms. The summed E-state index contributed by atoms with van der Waals surface area (Å²) in [7, 11) is 0. The number of alkyl halides is 3. The van der Waals surface area contributed by atoms with E-state index in [1.807, 2.05) is 36.4 Å². The predicted octanol–water partition coefficient (Wildman–Crippen LogP) is 7.29. The molecule has 150 valence electrons. The molecule has 29 heavy (non-hydrogen) atoms. The topological polar surface area (TPSA) is 12.9 Å².